The van der Waals surface area contributed by atoms with Gasteiger partial charge in [-0.2, -0.15) is 0 Å². The Labute approximate surface area is 119 Å². The van der Waals surface area contributed by atoms with Crippen molar-refractivity contribution in [3.05, 3.63) is 28.5 Å². The first-order valence-electron chi connectivity index (χ1n) is 6.57. The lowest BCUT2D eigenvalue weighted by Gasteiger charge is -2.20. The van der Waals surface area contributed by atoms with Crippen LogP contribution in [0.1, 0.15) is 42.7 Å². The Bertz CT molecular complexity index is 433. The highest BCUT2D eigenvalue weighted by atomic mass is 35.5. The number of carbonyl (C=O) groups excluding carboxylic acids is 1. The van der Waals surface area contributed by atoms with E-state index in [9.17, 15) is 9.90 Å². The highest BCUT2D eigenvalue weighted by Gasteiger charge is 2.17. The summed E-state index contributed by atoms with van der Waals surface area (Å²) in [6, 6.07) is 1.65. The van der Waals surface area contributed by atoms with Crippen LogP contribution in [0.3, 0.4) is 0 Å². The van der Waals surface area contributed by atoms with Gasteiger partial charge in [0.15, 0.2) is 0 Å². The lowest BCUT2D eigenvalue weighted by Crippen LogP contribution is -2.36. The molecule has 0 bridgehead atoms. The van der Waals surface area contributed by atoms with E-state index in [4.69, 9.17) is 11.6 Å². The smallest absolute Gasteiger partial charge is 0.254 e. The molecule has 0 spiro atoms. The fourth-order valence-corrected chi connectivity index (χ4v) is 2.28. The van der Waals surface area contributed by atoms with Crippen LogP contribution < -0.4 is 5.32 Å². The molecule has 1 unspecified atom stereocenters. The average molecular weight is 285 g/mol. The number of amides is 1. The van der Waals surface area contributed by atoms with Crippen molar-refractivity contribution in [1.82, 2.24) is 10.3 Å². The van der Waals surface area contributed by atoms with Crippen molar-refractivity contribution in [3.8, 4) is 0 Å². The molecule has 0 fully saturated rings. The molecule has 0 aliphatic carbocycles. The number of hydrogen-bond donors (Lipinski definition) is 2. The number of aliphatic hydroxyl groups excluding tert-OH is 1. The van der Waals surface area contributed by atoms with E-state index in [1.807, 2.05) is 20.8 Å². The molecule has 4 nitrogen and oxygen atoms in total. The predicted molar refractivity (Wildman–Crippen MR) is 76.4 cm³/mol. The van der Waals surface area contributed by atoms with E-state index in [2.05, 4.69) is 10.3 Å². The van der Waals surface area contributed by atoms with Gasteiger partial charge in [0.1, 0.15) is 0 Å². The van der Waals surface area contributed by atoms with Crippen molar-refractivity contribution in [2.24, 2.45) is 5.92 Å². The molecule has 1 aromatic rings. The van der Waals surface area contributed by atoms with Crippen LogP contribution in [-0.4, -0.2) is 28.6 Å². The Kier molecular flexibility index (Phi) is 6.25. The van der Waals surface area contributed by atoms with Crippen molar-refractivity contribution in [2.75, 3.05) is 6.54 Å². The standard InChI is InChI=1S/C14H21ClN2O2/c1-4-10(5-2)13(18)8-17-14(19)11-7-16-9(3)6-12(11)15/h6-7,10,13,18H,4-5,8H2,1-3H3,(H,17,19). The minimum absolute atomic E-state index is 0.201. The lowest BCUT2D eigenvalue weighted by molar-refractivity contribution is 0.0816. The van der Waals surface area contributed by atoms with Gasteiger partial charge in [0.05, 0.1) is 16.7 Å². The number of aromatic nitrogens is 1. The quantitative estimate of drug-likeness (QED) is 0.844. The Balaban J connectivity index is 2.60. The van der Waals surface area contributed by atoms with E-state index in [-0.39, 0.29) is 18.4 Å². The van der Waals surface area contributed by atoms with Crippen LogP contribution in [0.5, 0.6) is 0 Å². The summed E-state index contributed by atoms with van der Waals surface area (Å²) in [5.41, 5.74) is 1.10. The number of nitrogens with zero attached hydrogens (tertiary/aromatic N) is 1. The fourth-order valence-electron chi connectivity index (χ4n) is 1.99. The number of aryl methyl sites for hydroxylation is 1. The van der Waals surface area contributed by atoms with Gasteiger partial charge < -0.3 is 10.4 Å². The zero-order valence-electron chi connectivity index (χ0n) is 11.6. The normalized spacial score (nSPS) is 12.5. The molecule has 0 saturated carbocycles. The van der Waals surface area contributed by atoms with E-state index < -0.39 is 6.10 Å². The first kappa shape index (κ1) is 15.9. The number of rotatable bonds is 6. The predicted octanol–water partition coefficient (Wildman–Crippen LogP) is 2.57. The zero-order valence-corrected chi connectivity index (χ0v) is 12.4. The Hall–Kier alpha value is -1.13. The number of nitrogens with one attached hydrogen (secondary N) is 1. The third-order valence-electron chi connectivity index (χ3n) is 3.30. The van der Waals surface area contributed by atoms with Crippen LogP contribution in [-0.2, 0) is 0 Å². The number of halogens is 1. The molecule has 0 aromatic carbocycles. The second kappa shape index (κ2) is 7.46. The summed E-state index contributed by atoms with van der Waals surface area (Å²) in [4.78, 5) is 16.0. The molecule has 1 aromatic heterocycles. The molecule has 2 N–H and O–H groups in total. The Morgan fingerprint density at radius 1 is 1.47 bits per heavy atom. The monoisotopic (exact) mass is 284 g/mol. The van der Waals surface area contributed by atoms with Gasteiger partial charge in [0.25, 0.3) is 5.91 Å². The number of aliphatic hydroxyl groups is 1. The highest BCUT2D eigenvalue weighted by Crippen LogP contribution is 2.16. The maximum absolute atomic E-state index is 11.9. The van der Waals surface area contributed by atoms with Crippen LogP contribution in [0.25, 0.3) is 0 Å². The maximum Gasteiger partial charge on any atom is 0.254 e. The van der Waals surface area contributed by atoms with E-state index in [0.717, 1.165) is 18.5 Å². The zero-order chi connectivity index (χ0) is 14.4. The summed E-state index contributed by atoms with van der Waals surface area (Å²) in [6.45, 7) is 6.10. The van der Waals surface area contributed by atoms with Crippen molar-refractivity contribution in [2.45, 2.75) is 39.7 Å². The molecule has 1 atom stereocenters. The Morgan fingerprint density at radius 2 is 2.11 bits per heavy atom. The van der Waals surface area contributed by atoms with Gasteiger partial charge in [0.2, 0.25) is 0 Å². The van der Waals surface area contributed by atoms with Crippen molar-refractivity contribution >= 4 is 17.5 Å². The third-order valence-corrected chi connectivity index (χ3v) is 3.61. The molecule has 0 radical (unpaired) electrons. The lowest BCUT2D eigenvalue weighted by atomic mass is 9.96. The van der Waals surface area contributed by atoms with Gasteiger partial charge in [0, 0.05) is 18.4 Å². The van der Waals surface area contributed by atoms with Crippen molar-refractivity contribution < 1.29 is 9.90 Å². The number of carbonyl (C=O) groups is 1. The minimum atomic E-state index is -0.531. The summed E-state index contributed by atoms with van der Waals surface area (Å²) in [5, 5.41) is 13.0. The van der Waals surface area contributed by atoms with Crippen LogP contribution in [0, 0.1) is 12.8 Å². The van der Waals surface area contributed by atoms with Crippen LogP contribution in [0.4, 0.5) is 0 Å². The first-order valence-corrected chi connectivity index (χ1v) is 6.95. The first-order chi connectivity index (χ1) is 8.99. The Morgan fingerprint density at radius 3 is 2.63 bits per heavy atom. The van der Waals surface area contributed by atoms with E-state index >= 15 is 0 Å². The molecule has 106 valence electrons. The summed E-state index contributed by atoms with van der Waals surface area (Å²) in [7, 11) is 0. The van der Waals surface area contributed by atoms with Gasteiger partial charge in [-0.25, -0.2) is 0 Å². The van der Waals surface area contributed by atoms with Gasteiger partial charge in [-0.15, -0.1) is 0 Å². The second-order valence-electron chi connectivity index (χ2n) is 4.66. The van der Waals surface area contributed by atoms with Gasteiger partial charge in [-0.3, -0.25) is 9.78 Å². The molecule has 0 aliphatic rings. The summed E-state index contributed by atoms with van der Waals surface area (Å²) in [6.07, 6.45) is 2.70. The average Bonchev–Trinajstić information content (AvgIpc) is 2.37. The molecule has 0 saturated heterocycles. The van der Waals surface area contributed by atoms with Crippen LogP contribution >= 0.6 is 11.6 Å². The summed E-state index contributed by atoms with van der Waals surface area (Å²) >= 11 is 5.99. The molecule has 19 heavy (non-hydrogen) atoms. The van der Waals surface area contributed by atoms with E-state index in [1.54, 1.807) is 6.07 Å². The highest BCUT2D eigenvalue weighted by molar-refractivity contribution is 6.33. The molecular weight excluding hydrogens is 264 g/mol. The molecule has 1 heterocycles. The topological polar surface area (TPSA) is 62.2 Å². The number of hydrogen-bond acceptors (Lipinski definition) is 3. The van der Waals surface area contributed by atoms with E-state index in [1.165, 1.54) is 6.20 Å². The van der Waals surface area contributed by atoms with Crippen LogP contribution in [0.15, 0.2) is 12.3 Å². The SMILES string of the molecule is CCC(CC)C(O)CNC(=O)c1cnc(C)cc1Cl. The van der Waals surface area contributed by atoms with Crippen LogP contribution in [0.2, 0.25) is 5.02 Å². The van der Waals surface area contributed by atoms with Crippen molar-refractivity contribution in [3.63, 3.8) is 0 Å². The molecular formula is C14H21ClN2O2. The summed E-state index contributed by atoms with van der Waals surface area (Å²) < 4.78 is 0. The fraction of sp³-hybridized carbons (Fsp3) is 0.571. The maximum atomic E-state index is 11.9. The molecule has 0 aliphatic heterocycles. The second-order valence-corrected chi connectivity index (χ2v) is 5.07. The molecule has 1 amide bonds. The third kappa shape index (κ3) is 4.48. The van der Waals surface area contributed by atoms with Gasteiger partial charge in [-0.1, -0.05) is 38.3 Å². The van der Waals surface area contributed by atoms with Gasteiger partial charge in [-0.05, 0) is 18.9 Å². The van der Waals surface area contributed by atoms with Crippen molar-refractivity contribution in [1.29, 1.82) is 0 Å². The molecule has 5 heteroatoms. The number of pyridine rings is 1. The van der Waals surface area contributed by atoms with Gasteiger partial charge >= 0.3 is 0 Å². The largest absolute Gasteiger partial charge is 0.391 e. The minimum Gasteiger partial charge on any atom is -0.391 e. The molecule has 1 rings (SSSR count). The summed E-state index contributed by atoms with van der Waals surface area (Å²) in [5.74, 6) is -0.102. The van der Waals surface area contributed by atoms with E-state index in [0.29, 0.717) is 10.6 Å².